The minimum atomic E-state index is -0.455. The molecule has 5 heteroatoms. The summed E-state index contributed by atoms with van der Waals surface area (Å²) in [5.41, 5.74) is -0.455. The van der Waals surface area contributed by atoms with Gasteiger partial charge in [-0.2, -0.15) is 0 Å². The first kappa shape index (κ1) is 11.6. The second-order valence-electron chi connectivity index (χ2n) is 3.42. The summed E-state index contributed by atoms with van der Waals surface area (Å²) in [6.07, 6.45) is -0.437. The Morgan fingerprint density at radius 1 is 1.58 bits per heavy atom. The molecule has 0 rings (SSSR count). The summed E-state index contributed by atoms with van der Waals surface area (Å²) in [5.74, 6) is 0. The molecule has 0 spiro atoms. The van der Waals surface area contributed by atoms with Gasteiger partial charge in [0.25, 0.3) is 0 Å². The predicted molar refractivity (Wildman–Crippen MR) is 50.6 cm³/mol. The number of nitrogens with two attached hydrogens (primary N) is 1. The summed E-state index contributed by atoms with van der Waals surface area (Å²) < 4.78 is 4.99. The molecule has 0 saturated heterocycles. The highest BCUT2D eigenvalue weighted by Gasteiger charge is 2.16. The molecular formula is C7H16N2O2S. The van der Waals surface area contributed by atoms with Gasteiger partial charge < -0.3 is 10.1 Å². The molecule has 0 fully saturated rings. The molecule has 0 aliphatic carbocycles. The van der Waals surface area contributed by atoms with E-state index in [-0.39, 0.29) is 5.37 Å². The minimum Gasteiger partial charge on any atom is -0.444 e. The molecule has 0 aliphatic heterocycles. The Balaban J connectivity index is 3.75. The molecule has 72 valence electrons. The Morgan fingerprint density at radius 3 is 2.42 bits per heavy atom. The maximum absolute atomic E-state index is 11.0. The first-order valence-electron chi connectivity index (χ1n) is 3.70. The van der Waals surface area contributed by atoms with E-state index in [1.807, 2.05) is 20.8 Å². The SMILES string of the molecule is C[C@H](NC(=O)OC(C)(C)C)SN. The summed E-state index contributed by atoms with van der Waals surface area (Å²) in [6.45, 7) is 7.22. The zero-order valence-corrected chi connectivity index (χ0v) is 8.70. The van der Waals surface area contributed by atoms with Crippen LogP contribution >= 0.6 is 11.9 Å². The molecular weight excluding hydrogens is 176 g/mol. The van der Waals surface area contributed by atoms with E-state index in [1.54, 1.807) is 6.92 Å². The molecule has 0 saturated carbocycles. The van der Waals surface area contributed by atoms with E-state index in [0.717, 1.165) is 11.9 Å². The van der Waals surface area contributed by atoms with Crippen LogP contribution in [0.25, 0.3) is 0 Å². The zero-order valence-electron chi connectivity index (χ0n) is 7.88. The molecule has 0 aromatic carbocycles. The van der Waals surface area contributed by atoms with E-state index >= 15 is 0 Å². The Morgan fingerprint density at radius 2 is 2.08 bits per heavy atom. The van der Waals surface area contributed by atoms with E-state index in [2.05, 4.69) is 5.32 Å². The number of amides is 1. The number of carbonyl (C=O) groups is 1. The van der Waals surface area contributed by atoms with Gasteiger partial charge in [0.2, 0.25) is 0 Å². The van der Waals surface area contributed by atoms with Gasteiger partial charge in [0.05, 0.1) is 5.37 Å². The lowest BCUT2D eigenvalue weighted by molar-refractivity contribution is 0.0525. The average molecular weight is 192 g/mol. The van der Waals surface area contributed by atoms with Crippen molar-refractivity contribution in [2.24, 2.45) is 5.14 Å². The van der Waals surface area contributed by atoms with Crippen molar-refractivity contribution in [3.05, 3.63) is 0 Å². The Hall–Kier alpha value is -0.420. The number of hydrogen-bond acceptors (Lipinski definition) is 4. The van der Waals surface area contributed by atoms with Crippen LogP contribution in [0.5, 0.6) is 0 Å². The maximum Gasteiger partial charge on any atom is 0.408 e. The molecule has 12 heavy (non-hydrogen) atoms. The molecule has 1 amide bonds. The minimum absolute atomic E-state index is 0.125. The Bertz CT molecular complexity index is 156. The zero-order chi connectivity index (χ0) is 9.78. The fraction of sp³-hybridized carbons (Fsp3) is 0.857. The smallest absolute Gasteiger partial charge is 0.408 e. The fourth-order valence-electron chi connectivity index (χ4n) is 0.508. The van der Waals surface area contributed by atoms with E-state index in [0.29, 0.717) is 0 Å². The lowest BCUT2D eigenvalue weighted by Gasteiger charge is -2.21. The Labute approximate surface area is 77.4 Å². The average Bonchev–Trinajstić information content (AvgIpc) is 1.82. The molecule has 0 unspecified atom stereocenters. The van der Waals surface area contributed by atoms with Crippen molar-refractivity contribution < 1.29 is 9.53 Å². The highest BCUT2D eigenvalue weighted by molar-refractivity contribution is 7.97. The topological polar surface area (TPSA) is 64.3 Å². The van der Waals surface area contributed by atoms with Crippen LogP contribution in [0.3, 0.4) is 0 Å². The normalized spacial score (nSPS) is 13.8. The number of alkyl carbamates (subject to hydrolysis) is 1. The van der Waals surface area contributed by atoms with Crippen molar-refractivity contribution in [2.45, 2.75) is 38.7 Å². The largest absolute Gasteiger partial charge is 0.444 e. The van der Waals surface area contributed by atoms with Gasteiger partial charge >= 0.3 is 6.09 Å². The van der Waals surface area contributed by atoms with Gasteiger partial charge in [0.1, 0.15) is 5.60 Å². The summed E-state index contributed by atoms with van der Waals surface area (Å²) in [4.78, 5) is 11.0. The molecule has 0 aromatic rings. The maximum atomic E-state index is 11.0. The van der Waals surface area contributed by atoms with Crippen LogP contribution in [0.1, 0.15) is 27.7 Å². The summed E-state index contributed by atoms with van der Waals surface area (Å²) in [6, 6.07) is 0. The highest BCUT2D eigenvalue weighted by atomic mass is 32.2. The monoisotopic (exact) mass is 192 g/mol. The fourth-order valence-corrected chi connectivity index (χ4v) is 0.672. The van der Waals surface area contributed by atoms with Gasteiger partial charge in [-0.1, -0.05) is 11.9 Å². The van der Waals surface area contributed by atoms with E-state index in [9.17, 15) is 4.79 Å². The number of ether oxygens (including phenoxy) is 1. The van der Waals surface area contributed by atoms with Crippen LogP contribution in [0.15, 0.2) is 0 Å². The van der Waals surface area contributed by atoms with Crippen molar-refractivity contribution in [3.63, 3.8) is 0 Å². The highest BCUT2D eigenvalue weighted by Crippen LogP contribution is 2.07. The van der Waals surface area contributed by atoms with Crippen molar-refractivity contribution in [2.75, 3.05) is 0 Å². The summed E-state index contributed by atoms with van der Waals surface area (Å²) in [5, 5.41) is 7.67. The standard InChI is InChI=1S/C7H16N2O2S/c1-5(12-8)9-6(10)11-7(2,3)4/h5H,8H2,1-4H3,(H,9,10)/t5-/m1/s1. The lowest BCUT2D eigenvalue weighted by Crippen LogP contribution is -2.36. The van der Waals surface area contributed by atoms with Crippen LogP contribution in [0, 0.1) is 0 Å². The third-order valence-corrected chi connectivity index (χ3v) is 1.45. The van der Waals surface area contributed by atoms with Crippen LogP contribution in [0.2, 0.25) is 0 Å². The van der Waals surface area contributed by atoms with Gasteiger partial charge in [-0.15, -0.1) is 0 Å². The van der Waals surface area contributed by atoms with Crippen molar-refractivity contribution >= 4 is 18.0 Å². The quantitative estimate of drug-likeness (QED) is 0.513. The number of hydrogen-bond donors (Lipinski definition) is 2. The molecule has 0 aliphatic rings. The molecule has 1 atom stereocenters. The molecule has 0 aromatic heterocycles. The predicted octanol–water partition coefficient (Wildman–Crippen LogP) is 1.46. The third-order valence-electron chi connectivity index (χ3n) is 0.924. The van der Waals surface area contributed by atoms with Gasteiger partial charge in [-0.05, 0) is 27.7 Å². The second-order valence-corrected chi connectivity index (χ2v) is 4.40. The van der Waals surface area contributed by atoms with E-state index < -0.39 is 11.7 Å². The van der Waals surface area contributed by atoms with Crippen molar-refractivity contribution in [1.29, 1.82) is 0 Å². The Kier molecular flexibility index (Phi) is 4.41. The molecule has 0 heterocycles. The van der Waals surface area contributed by atoms with Gasteiger partial charge in [0, 0.05) is 0 Å². The number of rotatable bonds is 2. The van der Waals surface area contributed by atoms with E-state index in [1.165, 1.54) is 0 Å². The van der Waals surface area contributed by atoms with E-state index in [4.69, 9.17) is 9.88 Å². The van der Waals surface area contributed by atoms with Crippen molar-refractivity contribution in [1.82, 2.24) is 5.32 Å². The third kappa shape index (κ3) is 6.30. The number of carbonyl (C=O) groups excluding carboxylic acids is 1. The molecule has 0 radical (unpaired) electrons. The molecule has 3 N–H and O–H groups in total. The van der Waals surface area contributed by atoms with Crippen LogP contribution < -0.4 is 10.5 Å². The second kappa shape index (κ2) is 4.57. The first-order chi connectivity index (χ1) is 5.35. The van der Waals surface area contributed by atoms with Gasteiger partial charge in [-0.25, -0.2) is 4.79 Å². The first-order valence-corrected chi connectivity index (χ1v) is 4.64. The lowest BCUT2D eigenvalue weighted by atomic mass is 10.2. The van der Waals surface area contributed by atoms with Gasteiger partial charge in [-0.3, -0.25) is 5.14 Å². The molecule has 0 bridgehead atoms. The van der Waals surface area contributed by atoms with Crippen molar-refractivity contribution in [3.8, 4) is 0 Å². The molecule has 4 nitrogen and oxygen atoms in total. The van der Waals surface area contributed by atoms with Crippen LogP contribution in [-0.4, -0.2) is 17.1 Å². The van der Waals surface area contributed by atoms with Crippen LogP contribution in [0.4, 0.5) is 4.79 Å². The number of nitrogens with one attached hydrogen (secondary N) is 1. The van der Waals surface area contributed by atoms with Gasteiger partial charge in [0.15, 0.2) is 0 Å². The van der Waals surface area contributed by atoms with Crippen LogP contribution in [-0.2, 0) is 4.74 Å². The summed E-state index contributed by atoms with van der Waals surface area (Å²) in [7, 11) is 0. The summed E-state index contributed by atoms with van der Waals surface area (Å²) >= 11 is 1.07.